The molecule has 2 bridgehead atoms. The molecule has 0 saturated carbocycles. The number of fused-ring (bicyclic) bond motifs is 2. The molecule has 1 aromatic carbocycles. The SMILES string of the molecule is Cn1cc(-c2ccc(-c3ccc(O[C@H]4C[C@@H]5CCC[C@@H](N5)[C@H]4F)nn3)c(O)c2)cn1. The Hall–Kier alpha value is -3.00. The quantitative estimate of drug-likeness (QED) is 0.688. The van der Waals surface area contributed by atoms with Gasteiger partial charge in [-0.3, -0.25) is 4.68 Å². The largest absolute Gasteiger partial charge is 0.507 e. The van der Waals surface area contributed by atoms with Crippen LogP contribution in [-0.2, 0) is 7.05 Å². The van der Waals surface area contributed by atoms with Gasteiger partial charge in [-0.1, -0.05) is 12.5 Å². The first kappa shape index (κ1) is 19.0. The standard InChI is InChI=1S/C22H24FN5O2/c1-28-12-14(11-24-28)13-5-6-16(19(29)9-13)17-7-8-21(27-26-17)30-20-10-15-3-2-4-18(25-15)22(20)23/h5-9,11-12,15,18,20,22,25,29H,2-4,10H2,1H3/t15-,18+,20-,22+/m0/s1. The normalized spacial score (nSPS) is 25.8. The van der Waals surface area contributed by atoms with E-state index in [0.717, 1.165) is 30.4 Å². The fourth-order valence-electron chi connectivity index (χ4n) is 4.45. The molecule has 156 valence electrons. The van der Waals surface area contributed by atoms with E-state index in [1.807, 2.05) is 19.3 Å². The van der Waals surface area contributed by atoms with Crippen molar-refractivity contribution >= 4 is 0 Å². The van der Waals surface area contributed by atoms with E-state index in [1.54, 1.807) is 35.1 Å². The van der Waals surface area contributed by atoms with Gasteiger partial charge in [0.25, 0.3) is 0 Å². The van der Waals surface area contributed by atoms with Crippen LogP contribution in [0.2, 0.25) is 0 Å². The molecule has 2 aliphatic rings. The van der Waals surface area contributed by atoms with Crippen LogP contribution in [0.3, 0.4) is 0 Å². The molecule has 4 atom stereocenters. The fourth-order valence-corrected chi connectivity index (χ4v) is 4.45. The van der Waals surface area contributed by atoms with Gasteiger partial charge >= 0.3 is 0 Å². The van der Waals surface area contributed by atoms with Gasteiger partial charge in [-0.05, 0) is 36.6 Å². The molecule has 5 rings (SSSR count). The molecule has 0 aliphatic carbocycles. The van der Waals surface area contributed by atoms with Crippen molar-refractivity contribution in [2.75, 3.05) is 0 Å². The van der Waals surface area contributed by atoms with Gasteiger partial charge in [0.2, 0.25) is 5.88 Å². The number of aryl methyl sites for hydroxylation is 1. The number of aromatic hydroxyl groups is 1. The maximum Gasteiger partial charge on any atom is 0.233 e. The van der Waals surface area contributed by atoms with E-state index < -0.39 is 12.3 Å². The average molecular weight is 409 g/mol. The molecule has 0 spiro atoms. The molecule has 2 saturated heterocycles. The van der Waals surface area contributed by atoms with E-state index in [-0.39, 0.29) is 11.8 Å². The van der Waals surface area contributed by atoms with E-state index in [0.29, 0.717) is 29.6 Å². The summed E-state index contributed by atoms with van der Waals surface area (Å²) in [5.74, 6) is 0.409. The van der Waals surface area contributed by atoms with E-state index >= 15 is 0 Å². The first-order valence-corrected chi connectivity index (χ1v) is 10.3. The number of phenols is 1. The Morgan fingerprint density at radius 3 is 2.80 bits per heavy atom. The minimum absolute atomic E-state index is 0.106. The van der Waals surface area contributed by atoms with E-state index in [9.17, 15) is 9.50 Å². The first-order chi connectivity index (χ1) is 14.6. The molecule has 3 aromatic rings. The van der Waals surface area contributed by atoms with Crippen LogP contribution in [-0.4, -0.2) is 49.4 Å². The molecule has 2 fully saturated rings. The fraction of sp³-hybridized carbons (Fsp3) is 0.409. The molecular formula is C22H24FN5O2. The average Bonchev–Trinajstić information content (AvgIpc) is 3.19. The van der Waals surface area contributed by atoms with Crippen molar-refractivity contribution in [3.63, 3.8) is 0 Å². The van der Waals surface area contributed by atoms with E-state index in [2.05, 4.69) is 20.6 Å². The van der Waals surface area contributed by atoms with Crippen LogP contribution in [0.5, 0.6) is 11.6 Å². The predicted molar refractivity (Wildman–Crippen MR) is 110 cm³/mol. The summed E-state index contributed by atoms with van der Waals surface area (Å²) in [6, 6.07) is 8.97. The van der Waals surface area contributed by atoms with Crippen LogP contribution < -0.4 is 10.1 Å². The Morgan fingerprint density at radius 1 is 1.17 bits per heavy atom. The lowest BCUT2D eigenvalue weighted by Crippen LogP contribution is -2.59. The molecule has 8 heteroatoms. The van der Waals surface area contributed by atoms with Gasteiger partial charge in [0.05, 0.1) is 11.9 Å². The van der Waals surface area contributed by atoms with Gasteiger partial charge in [0, 0.05) is 48.9 Å². The number of alkyl halides is 1. The summed E-state index contributed by atoms with van der Waals surface area (Å²) < 4.78 is 22.3. The molecule has 30 heavy (non-hydrogen) atoms. The molecule has 2 aromatic heterocycles. The van der Waals surface area contributed by atoms with Gasteiger partial charge in [-0.2, -0.15) is 5.10 Å². The second-order valence-electron chi connectivity index (χ2n) is 8.13. The molecule has 2 N–H and O–H groups in total. The van der Waals surface area contributed by atoms with Crippen molar-refractivity contribution in [2.45, 2.75) is 50.0 Å². The Balaban J connectivity index is 1.31. The summed E-state index contributed by atoms with van der Waals surface area (Å²) in [5.41, 5.74) is 2.88. The monoisotopic (exact) mass is 409 g/mol. The Labute approximate surface area is 173 Å². The highest BCUT2D eigenvalue weighted by atomic mass is 19.1. The lowest BCUT2D eigenvalue weighted by molar-refractivity contribution is 0.00652. The Kier molecular flexibility index (Phi) is 4.86. The number of ether oxygens (including phenoxy) is 1. The number of nitrogens with one attached hydrogen (secondary N) is 1. The van der Waals surface area contributed by atoms with Crippen molar-refractivity contribution in [2.24, 2.45) is 7.05 Å². The summed E-state index contributed by atoms with van der Waals surface area (Å²) in [6.07, 6.45) is 5.67. The number of nitrogens with zero attached hydrogens (tertiary/aromatic N) is 4. The summed E-state index contributed by atoms with van der Waals surface area (Å²) >= 11 is 0. The highest BCUT2D eigenvalue weighted by molar-refractivity contribution is 5.73. The van der Waals surface area contributed by atoms with Crippen LogP contribution in [0.15, 0.2) is 42.7 Å². The highest BCUT2D eigenvalue weighted by Gasteiger charge is 2.41. The van der Waals surface area contributed by atoms with Gasteiger partial charge in [-0.25, -0.2) is 4.39 Å². The zero-order valence-electron chi connectivity index (χ0n) is 16.7. The predicted octanol–water partition coefficient (Wildman–Crippen LogP) is 3.25. The number of hydrogen-bond donors (Lipinski definition) is 2. The highest BCUT2D eigenvalue weighted by Crippen LogP contribution is 2.33. The second kappa shape index (κ2) is 7.68. The third kappa shape index (κ3) is 3.63. The van der Waals surface area contributed by atoms with Crippen molar-refractivity contribution < 1.29 is 14.2 Å². The summed E-state index contributed by atoms with van der Waals surface area (Å²) in [6.45, 7) is 0. The number of phenolic OH excluding ortho intramolecular Hbond substituents is 1. The van der Waals surface area contributed by atoms with E-state index in [4.69, 9.17) is 4.74 Å². The Bertz CT molecular complexity index is 1040. The van der Waals surface area contributed by atoms with Crippen molar-refractivity contribution in [3.8, 4) is 34.0 Å². The topological polar surface area (TPSA) is 85.1 Å². The van der Waals surface area contributed by atoms with Crippen LogP contribution in [0.1, 0.15) is 25.7 Å². The number of piperidine rings is 2. The third-order valence-electron chi connectivity index (χ3n) is 6.00. The van der Waals surface area contributed by atoms with Gasteiger partial charge in [0.1, 0.15) is 11.9 Å². The number of hydrogen-bond acceptors (Lipinski definition) is 6. The maximum absolute atomic E-state index is 14.7. The second-order valence-corrected chi connectivity index (χ2v) is 8.13. The number of halogens is 1. The lowest BCUT2D eigenvalue weighted by atomic mass is 9.84. The van der Waals surface area contributed by atoms with Gasteiger partial charge in [0.15, 0.2) is 6.17 Å². The van der Waals surface area contributed by atoms with Crippen LogP contribution >= 0.6 is 0 Å². The van der Waals surface area contributed by atoms with E-state index in [1.165, 1.54) is 0 Å². The first-order valence-electron chi connectivity index (χ1n) is 10.3. The third-order valence-corrected chi connectivity index (χ3v) is 6.00. The molecular weight excluding hydrogens is 385 g/mol. The van der Waals surface area contributed by atoms with Crippen molar-refractivity contribution in [1.29, 1.82) is 0 Å². The number of benzene rings is 1. The minimum atomic E-state index is -1.05. The molecule has 0 unspecified atom stereocenters. The lowest BCUT2D eigenvalue weighted by Gasteiger charge is -2.42. The molecule has 0 radical (unpaired) electrons. The zero-order chi connectivity index (χ0) is 20.7. The Morgan fingerprint density at radius 2 is 2.07 bits per heavy atom. The van der Waals surface area contributed by atoms with Gasteiger partial charge < -0.3 is 15.2 Å². The number of aromatic nitrogens is 4. The van der Waals surface area contributed by atoms with Crippen molar-refractivity contribution in [1.82, 2.24) is 25.3 Å². The van der Waals surface area contributed by atoms with Crippen molar-refractivity contribution in [3.05, 3.63) is 42.7 Å². The van der Waals surface area contributed by atoms with Crippen LogP contribution in [0.25, 0.3) is 22.4 Å². The molecule has 7 nitrogen and oxygen atoms in total. The molecule has 2 aliphatic heterocycles. The van der Waals surface area contributed by atoms with Crippen LogP contribution in [0.4, 0.5) is 4.39 Å². The summed E-state index contributed by atoms with van der Waals surface area (Å²) in [4.78, 5) is 0. The van der Waals surface area contributed by atoms with Gasteiger partial charge in [-0.15, -0.1) is 10.2 Å². The smallest absolute Gasteiger partial charge is 0.233 e. The molecule has 4 heterocycles. The zero-order valence-corrected chi connectivity index (χ0v) is 16.7. The number of rotatable bonds is 4. The molecule has 0 amide bonds. The summed E-state index contributed by atoms with van der Waals surface area (Å²) in [7, 11) is 1.85. The summed E-state index contributed by atoms with van der Waals surface area (Å²) in [5, 5.41) is 26.3. The minimum Gasteiger partial charge on any atom is -0.507 e. The van der Waals surface area contributed by atoms with Crippen LogP contribution in [0, 0.1) is 0 Å². The maximum atomic E-state index is 14.7.